The summed E-state index contributed by atoms with van der Waals surface area (Å²) < 4.78 is 2.94. The maximum absolute atomic E-state index is 8.53. The van der Waals surface area contributed by atoms with E-state index in [0.29, 0.717) is 6.67 Å². The Morgan fingerprint density at radius 1 is 1.27 bits per heavy atom. The summed E-state index contributed by atoms with van der Waals surface area (Å²) in [6, 6.07) is 8.08. The maximum atomic E-state index is 8.53. The molecule has 2 rings (SSSR count). The van der Waals surface area contributed by atoms with Gasteiger partial charge in [0.05, 0.1) is 11.9 Å². The molecule has 0 aromatic heterocycles. The Morgan fingerprint density at radius 2 is 2.00 bits per heavy atom. The molecule has 0 spiro atoms. The van der Waals surface area contributed by atoms with Crippen LogP contribution in [0.4, 0.5) is 5.69 Å². The molecule has 0 bridgehead atoms. The van der Waals surface area contributed by atoms with E-state index in [1.165, 1.54) is 0 Å². The molecule has 1 aromatic carbocycles. The van der Waals surface area contributed by atoms with Gasteiger partial charge in [-0.2, -0.15) is 5.26 Å². The highest BCUT2D eigenvalue weighted by Gasteiger charge is 2.13. The van der Waals surface area contributed by atoms with Crippen LogP contribution in [0.25, 0.3) is 0 Å². The number of hydrogen-bond donors (Lipinski definition) is 0. The second kappa shape index (κ2) is 4.60. The molecule has 1 aliphatic rings. The molecule has 0 atom stereocenters. The highest BCUT2D eigenvalue weighted by molar-refractivity contribution is 9.10. The van der Waals surface area contributed by atoms with Gasteiger partial charge in [-0.3, -0.25) is 4.31 Å². The number of benzene rings is 1. The van der Waals surface area contributed by atoms with Gasteiger partial charge >= 0.3 is 0 Å². The zero-order valence-corrected chi connectivity index (χ0v) is 10.2. The standard InChI is InChI=1S/C10H8BrN3S/c11-9-1-3-10(4-2-9)13-5-6-14(8-13)15-7-12/h1-6H,8H2. The number of rotatable bonds is 2. The zero-order chi connectivity index (χ0) is 10.7. The molecule has 76 valence electrons. The van der Waals surface area contributed by atoms with Gasteiger partial charge in [0.2, 0.25) is 0 Å². The molecule has 0 aliphatic carbocycles. The van der Waals surface area contributed by atoms with Gasteiger partial charge in [0.25, 0.3) is 0 Å². The molecule has 3 nitrogen and oxygen atoms in total. The quantitative estimate of drug-likeness (QED) is 0.616. The van der Waals surface area contributed by atoms with Gasteiger partial charge < -0.3 is 4.90 Å². The predicted octanol–water partition coefficient (Wildman–Crippen LogP) is 3.13. The molecule has 0 amide bonds. The fourth-order valence-corrected chi connectivity index (χ4v) is 1.98. The highest BCUT2D eigenvalue weighted by Crippen LogP contribution is 2.24. The van der Waals surface area contributed by atoms with E-state index in [1.807, 2.05) is 46.4 Å². The summed E-state index contributed by atoms with van der Waals surface area (Å²) in [7, 11) is 0. The van der Waals surface area contributed by atoms with Gasteiger partial charge in [-0.15, -0.1) is 0 Å². The molecule has 1 aromatic rings. The van der Waals surface area contributed by atoms with Crippen molar-refractivity contribution in [2.45, 2.75) is 0 Å². The first kappa shape index (κ1) is 10.4. The number of nitrogens with zero attached hydrogens (tertiary/aromatic N) is 3. The van der Waals surface area contributed by atoms with Crippen LogP contribution in [0.3, 0.4) is 0 Å². The van der Waals surface area contributed by atoms with Crippen molar-refractivity contribution in [1.82, 2.24) is 4.31 Å². The van der Waals surface area contributed by atoms with Crippen molar-refractivity contribution >= 4 is 33.6 Å². The van der Waals surface area contributed by atoms with E-state index < -0.39 is 0 Å². The van der Waals surface area contributed by atoms with Gasteiger partial charge in [-0.25, -0.2) is 0 Å². The minimum atomic E-state index is 0.708. The van der Waals surface area contributed by atoms with Crippen molar-refractivity contribution in [2.24, 2.45) is 0 Å². The molecule has 0 fully saturated rings. The Morgan fingerprint density at radius 3 is 2.67 bits per heavy atom. The zero-order valence-electron chi connectivity index (χ0n) is 7.80. The molecule has 1 heterocycles. The van der Waals surface area contributed by atoms with E-state index in [2.05, 4.69) is 20.8 Å². The second-order valence-electron chi connectivity index (χ2n) is 2.99. The molecule has 1 aliphatic heterocycles. The molecule has 0 N–H and O–H groups in total. The largest absolute Gasteiger partial charge is 0.327 e. The lowest BCUT2D eigenvalue weighted by atomic mass is 10.3. The van der Waals surface area contributed by atoms with Gasteiger partial charge in [0.1, 0.15) is 6.67 Å². The summed E-state index contributed by atoms with van der Waals surface area (Å²) in [6.07, 6.45) is 3.86. The topological polar surface area (TPSA) is 30.3 Å². The van der Waals surface area contributed by atoms with Crippen molar-refractivity contribution in [2.75, 3.05) is 11.6 Å². The van der Waals surface area contributed by atoms with E-state index in [1.54, 1.807) is 0 Å². The number of thiocyanates is 1. The summed E-state index contributed by atoms with van der Waals surface area (Å²) in [5, 5.41) is 10.6. The third-order valence-corrected chi connectivity index (χ3v) is 3.10. The van der Waals surface area contributed by atoms with E-state index in [9.17, 15) is 0 Å². The van der Waals surface area contributed by atoms with Crippen LogP contribution >= 0.6 is 27.9 Å². The number of nitriles is 1. The lowest BCUT2D eigenvalue weighted by Crippen LogP contribution is -2.19. The van der Waals surface area contributed by atoms with Crippen LogP contribution in [-0.2, 0) is 0 Å². The molecule has 0 unspecified atom stereocenters. The minimum Gasteiger partial charge on any atom is -0.327 e. The normalized spacial score (nSPS) is 14.4. The molecule has 0 saturated heterocycles. The number of hydrogen-bond acceptors (Lipinski definition) is 4. The van der Waals surface area contributed by atoms with E-state index in [-0.39, 0.29) is 0 Å². The van der Waals surface area contributed by atoms with E-state index in [4.69, 9.17) is 5.26 Å². The fourth-order valence-electron chi connectivity index (χ4n) is 1.31. The first-order valence-electron chi connectivity index (χ1n) is 4.33. The lowest BCUT2D eigenvalue weighted by Gasteiger charge is -2.18. The van der Waals surface area contributed by atoms with Crippen LogP contribution in [0, 0.1) is 10.7 Å². The summed E-state index contributed by atoms with van der Waals surface area (Å²) in [6.45, 7) is 0.708. The van der Waals surface area contributed by atoms with Gasteiger partial charge in [0.15, 0.2) is 5.40 Å². The van der Waals surface area contributed by atoms with Crippen molar-refractivity contribution in [3.05, 3.63) is 41.1 Å². The first-order chi connectivity index (χ1) is 7.29. The Bertz CT molecular complexity index is 410. The Balaban J connectivity index is 2.06. The van der Waals surface area contributed by atoms with Crippen molar-refractivity contribution in [1.29, 1.82) is 5.26 Å². The lowest BCUT2D eigenvalue weighted by molar-refractivity contribution is 0.672. The summed E-state index contributed by atoms with van der Waals surface area (Å²) >= 11 is 4.54. The molecule has 15 heavy (non-hydrogen) atoms. The first-order valence-corrected chi connectivity index (χ1v) is 5.89. The van der Waals surface area contributed by atoms with Crippen molar-refractivity contribution in [3.8, 4) is 5.40 Å². The van der Waals surface area contributed by atoms with Gasteiger partial charge in [0, 0.05) is 22.6 Å². The monoisotopic (exact) mass is 281 g/mol. The molecule has 0 radical (unpaired) electrons. The minimum absolute atomic E-state index is 0.708. The molecule has 5 heteroatoms. The number of halogens is 1. The van der Waals surface area contributed by atoms with Crippen LogP contribution < -0.4 is 4.90 Å². The fraction of sp³-hybridized carbons (Fsp3) is 0.100. The third-order valence-electron chi connectivity index (χ3n) is 2.02. The highest BCUT2D eigenvalue weighted by atomic mass is 79.9. The van der Waals surface area contributed by atoms with E-state index >= 15 is 0 Å². The summed E-state index contributed by atoms with van der Waals surface area (Å²) in [5.41, 5.74) is 1.12. The Hall–Kier alpha value is -1.12. The molecular weight excluding hydrogens is 274 g/mol. The van der Waals surface area contributed by atoms with Crippen molar-refractivity contribution in [3.63, 3.8) is 0 Å². The molecule has 0 saturated carbocycles. The van der Waals surface area contributed by atoms with Gasteiger partial charge in [-0.1, -0.05) is 15.9 Å². The molecular formula is C10H8BrN3S. The smallest absolute Gasteiger partial charge is 0.156 e. The van der Waals surface area contributed by atoms with Crippen LogP contribution in [0.15, 0.2) is 41.1 Å². The Kier molecular flexibility index (Phi) is 3.19. The Labute approximate surface area is 101 Å². The predicted molar refractivity (Wildman–Crippen MR) is 65.7 cm³/mol. The summed E-state index contributed by atoms with van der Waals surface area (Å²) in [4.78, 5) is 2.08. The van der Waals surface area contributed by atoms with Crippen LogP contribution in [0.5, 0.6) is 0 Å². The van der Waals surface area contributed by atoms with E-state index in [0.717, 1.165) is 22.1 Å². The maximum Gasteiger partial charge on any atom is 0.156 e. The SMILES string of the molecule is N#CSN1C=CN(c2ccc(Br)cc2)C1. The average Bonchev–Trinajstić information content (AvgIpc) is 2.68. The summed E-state index contributed by atoms with van der Waals surface area (Å²) in [5.74, 6) is 0. The third kappa shape index (κ3) is 2.46. The van der Waals surface area contributed by atoms with Gasteiger partial charge in [-0.05, 0) is 24.3 Å². The number of anilines is 1. The second-order valence-corrected chi connectivity index (χ2v) is 4.74. The van der Waals surface area contributed by atoms with Crippen LogP contribution in [0.1, 0.15) is 0 Å². The van der Waals surface area contributed by atoms with Crippen LogP contribution in [0.2, 0.25) is 0 Å². The van der Waals surface area contributed by atoms with Crippen molar-refractivity contribution < 1.29 is 0 Å². The average molecular weight is 282 g/mol. The van der Waals surface area contributed by atoms with Crippen LogP contribution in [-0.4, -0.2) is 11.0 Å².